The van der Waals surface area contributed by atoms with Gasteiger partial charge >= 0.3 is 0 Å². The second kappa shape index (κ2) is 2.73. The highest BCUT2D eigenvalue weighted by molar-refractivity contribution is 4.95. The molecule has 0 aromatic carbocycles. The van der Waals surface area contributed by atoms with E-state index in [1.165, 1.54) is 25.7 Å². The first kappa shape index (κ1) is 7.53. The monoisotopic (exact) mass is 155 g/mol. The van der Waals surface area contributed by atoms with Gasteiger partial charge in [0.25, 0.3) is 0 Å². The van der Waals surface area contributed by atoms with Gasteiger partial charge in [0.15, 0.2) is 0 Å². The van der Waals surface area contributed by atoms with E-state index in [-0.39, 0.29) is 0 Å². The molecule has 3 N–H and O–H groups in total. The molecule has 2 atom stereocenters. The van der Waals surface area contributed by atoms with Crippen molar-refractivity contribution < 1.29 is 0 Å². The topological polar surface area (TPSA) is 41.3 Å². The molecule has 2 saturated heterocycles. The van der Waals surface area contributed by atoms with Crippen LogP contribution in [0.3, 0.4) is 0 Å². The van der Waals surface area contributed by atoms with E-state index in [1.54, 1.807) is 0 Å². The third-order valence-corrected chi connectivity index (χ3v) is 3.33. The van der Waals surface area contributed by atoms with Crippen molar-refractivity contribution in [2.75, 3.05) is 7.05 Å². The molecule has 0 amide bonds. The minimum atomic E-state index is 0.573. The van der Waals surface area contributed by atoms with Crippen molar-refractivity contribution in [3.63, 3.8) is 0 Å². The summed E-state index contributed by atoms with van der Waals surface area (Å²) in [4.78, 5) is 2.52. The van der Waals surface area contributed by atoms with Crippen molar-refractivity contribution in [2.45, 2.75) is 43.8 Å². The van der Waals surface area contributed by atoms with Crippen LogP contribution >= 0.6 is 0 Å². The number of fused-ring (bicyclic) bond motifs is 2. The fourth-order valence-electron chi connectivity index (χ4n) is 2.55. The van der Waals surface area contributed by atoms with Crippen molar-refractivity contribution in [2.24, 2.45) is 5.84 Å². The highest BCUT2D eigenvalue weighted by Crippen LogP contribution is 2.33. The lowest BCUT2D eigenvalue weighted by molar-refractivity contribution is 0.149. The summed E-state index contributed by atoms with van der Waals surface area (Å²) < 4.78 is 0. The van der Waals surface area contributed by atoms with Crippen LogP contribution in [0.1, 0.15) is 25.7 Å². The Morgan fingerprint density at radius 1 is 1.27 bits per heavy atom. The molecule has 64 valence electrons. The molecule has 3 nitrogen and oxygen atoms in total. The minimum Gasteiger partial charge on any atom is -0.300 e. The molecule has 2 fully saturated rings. The SMILES string of the molecule is CN1C2CCC1CC(NN)C2. The lowest BCUT2D eigenvalue weighted by Crippen LogP contribution is -2.49. The maximum atomic E-state index is 5.43. The Kier molecular flexibility index (Phi) is 1.87. The molecule has 2 aliphatic rings. The number of hydrazine groups is 1. The van der Waals surface area contributed by atoms with Gasteiger partial charge in [-0.15, -0.1) is 0 Å². The standard InChI is InChI=1S/C8H17N3/c1-11-7-2-3-8(11)5-6(4-7)10-9/h6-8,10H,2-5,9H2,1H3. The quantitative estimate of drug-likeness (QED) is 0.416. The molecule has 2 unspecified atom stereocenters. The highest BCUT2D eigenvalue weighted by atomic mass is 15.3. The first-order chi connectivity index (χ1) is 5.31. The Hall–Kier alpha value is -0.120. The zero-order valence-corrected chi connectivity index (χ0v) is 7.09. The molecule has 2 bridgehead atoms. The number of nitrogens with two attached hydrogens (primary N) is 1. The number of rotatable bonds is 1. The number of piperidine rings is 1. The van der Waals surface area contributed by atoms with Crippen LogP contribution in [-0.4, -0.2) is 30.1 Å². The molecular formula is C8H17N3. The number of hydrogen-bond donors (Lipinski definition) is 2. The van der Waals surface area contributed by atoms with Gasteiger partial charge in [-0.3, -0.25) is 11.3 Å². The first-order valence-electron chi connectivity index (χ1n) is 4.49. The van der Waals surface area contributed by atoms with Crippen LogP contribution in [0.15, 0.2) is 0 Å². The van der Waals surface area contributed by atoms with E-state index in [9.17, 15) is 0 Å². The molecule has 2 aliphatic heterocycles. The average Bonchev–Trinajstić information content (AvgIpc) is 2.26. The molecule has 0 aromatic rings. The smallest absolute Gasteiger partial charge is 0.0240 e. The Labute approximate surface area is 67.9 Å². The summed E-state index contributed by atoms with van der Waals surface area (Å²) in [5.74, 6) is 5.43. The normalized spacial score (nSPS) is 44.7. The summed E-state index contributed by atoms with van der Waals surface area (Å²) in [7, 11) is 2.25. The largest absolute Gasteiger partial charge is 0.300 e. The summed E-state index contributed by atoms with van der Waals surface area (Å²) in [6.07, 6.45) is 5.23. The zero-order valence-electron chi connectivity index (χ0n) is 7.09. The fourth-order valence-corrected chi connectivity index (χ4v) is 2.55. The summed E-state index contributed by atoms with van der Waals surface area (Å²) in [5, 5.41) is 0. The highest BCUT2D eigenvalue weighted by Gasteiger charge is 2.37. The van der Waals surface area contributed by atoms with E-state index in [2.05, 4.69) is 17.4 Å². The Morgan fingerprint density at radius 3 is 2.27 bits per heavy atom. The van der Waals surface area contributed by atoms with Gasteiger partial charge in [0.2, 0.25) is 0 Å². The fraction of sp³-hybridized carbons (Fsp3) is 1.00. The number of nitrogens with one attached hydrogen (secondary N) is 1. The van der Waals surface area contributed by atoms with Gasteiger partial charge in [-0.05, 0) is 32.7 Å². The number of hydrogen-bond acceptors (Lipinski definition) is 3. The summed E-state index contributed by atoms with van der Waals surface area (Å²) in [6.45, 7) is 0. The van der Waals surface area contributed by atoms with Gasteiger partial charge in [-0.2, -0.15) is 0 Å². The van der Waals surface area contributed by atoms with Gasteiger partial charge in [-0.1, -0.05) is 0 Å². The summed E-state index contributed by atoms with van der Waals surface area (Å²) in [5.41, 5.74) is 2.90. The van der Waals surface area contributed by atoms with Crippen LogP contribution in [0, 0.1) is 0 Å². The average molecular weight is 155 g/mol. The van der Waals surface area contributed by atoms with E-state index >= 15 is 0 Å². The molecule has 0 saturated carbocycles. The predicted octanol–water partition coefficient (Wildman–Crippen LogP) is 0.0749. The van der Waals surface area contributed by atoms with Crippen LogP contribution in [0.4, 0.5) is 0 Å². The van der Waals surface area contributed by atoms with Gasteiger partial charge in [0.1, 0.15) is 0 Å². The minimum absolute atomic E-state index is 0.573. The maximum absolute atomic E-state index is 5.43. The van der Waals surface area contributed by atoms with E-state index in [0.717, 1.165) is 12.1 Å². The van der Waals surface area contributed by atoms with Gasteiger partial charge in [0, 0.05) is 18.1 Å². The van der Waals surface area contributed by atoms with E-state index in [0.29, 0.717) is 6.04 Å². The maximum Gasteiger partial charge on any atom is 0.0240 e. The molecule has 0 aliphatic carbocycles. The second-order valence-corrected chi connectivity index (χ2v) is 3.89. The molecule has 2 rings (SSSR count). The van der Waals surface area contributed by atoms with Crippen LogP contribution in [0.5, 0.6) is 0 Å². The van der Waals surface area contributed by atoms with Crippen LogP contribution in [0.2, 0.25) is 0 Å². The molecule has 2 heterocycles. The van der Waals surface area contributed by atoms with Crippen LogP contribution in [-0.2, 0) is 0 Å². The van der Waals surface area contributed by atoms with Gasteiger partial charge < -0.3 is 4.90 Å². The molecule has 0 spiro atoms. The van der Waals surface area contributed by atoms with Crippen molar-refractivity contribution in [1.82, 2.24) is 10.3 Å². The predicted molar refractivity (Wildman–Crippen MR) is 44.9 cm³/mol. The van der Waals surface area contributed by atoms with Gasteiger partial charge in [0.05, 0.1) is 0 Å². The first-order valence-corrected chi connectivity index (χ1v) is 4.49. The van der Waals surface area contributed by atoms with Crippen molar-refractivity contribution in [3.8, 4) is 0 Å². The Bertz CT molecular complexity index is 134. The van der Waals surface area contributed by atoms with Crippen molar-refractivity contribution >= 4 is 0 Å². The molecule has 11 heavy (non-hydrogen) atoms. The van der Waals surface area contributed by atoms with Crippen molar-refractivity contribution in [1.29, 1.82) is 0 Å². The summed E-state index contributed by atoms with van der Waals surface area (Å²) in [6, 6.07) is 2.17. The Balaban J connectivity index is 2.02. The third kappa shape index (κ3) is 1.17. The van der Waals surface area contributed by atoms with Crippen molar-refractivity contribution in [3.05, 3.63) is 0 Å². The van der Waals surface area contributed by atoms with Crippen LogP contribution in [0.25, 0.3) is 0 Å². The van der Waals surface area contributed by atoms with E-state index in [4.69, 9.17) is 5.84 Å². The Morgan fingerprint density at radius 2 is 1.82 bits per heavy atom. The van der Waals surface area contributed by atoms with E-state index in [1.807, 2.05) is 0 Å². The lowest BCUT2D eigenvalue weighted by Gasteiger charge is -2.35. The molecular weight excluding hydrogens is 138 g/mol. The van der Waals surface area contributed by atoms with E-state index < -0.39 is 0 Å². The molecule has 0 aromatic heterocycles. The summed E-state index contributed by atoms with van der Waals surface area (Å²) >= 11 is 0. The number of nitrogens with zero attached hydrogens (tertiary/aromatic N) is 1. The third-order valence-electron chi connectivity index (χ3n) is 3.33. The lowest BCUT2D eigenvalue weighted by atomic mass is 9.99. The van der Waals surface area contributed by atoms with Gasteiger partial charge in [-0.25, -0.2) is 0 Å². The second-order valence-electron chi connectivity index (χ2n) is 3.89. The van der Waals surface area contributed by atoms with Crippen LogP contribution < -0.4 is 11.3 Å². The molecule has 3 heteroatoms. The molecule has 0 radical (unpaired) electrons. The zero-order chi connectivity index (χ0) is 7.84.